The second-order valence-corrected chi connectivity index (χ2v) is 16.7. The van der Waals surface area contributed by atoms with Gasteiger partial charge in [-0.05, 0) is 40.0 Å². The Kier molecular flexibility index (Phi) is 26.3. The van der Waals surface area contributed by atoms with Crippen molar-refractivity contribution in [2.24, 2.45) is 0 Å². The Hall–Kier alpha value is -1.37. The molecule has 23 heteroatoms. The topological polar surface area (TPSA) is 396 Å². The molecule has 4 saturated heterocycles. The smallest absolute Gasteiger partial charge is 0.305 e. The van der Waals surface area contributed by atoms with E-state index in [1.165, 1.54) is 13.8 Å². The summed E-state index contributed by atoms with van der Waals surface area (Å²) in [5, 5.41) is 151. The zero-order chi connectivity index (χ0) is 47.7. The fourth-order valence-electron chi connectivity index (χ4n) is 7.38. The van der Waals surface area contributed by atoms with Gasteiger partial charge in [0, 0.05) is 0 Å². The van der Waals surface area contributed by atoms with Gasteiger partial charge in [0.25, 0.3) is 0 Å². The average molecular weight is 925 g/mol. The van der Waals surface area contributed by atoms with Crippen LogP contribution in [0.2, 0.25) is 0 Å². The first kappa shape index (κ1) is 57.8. The summed E-state index contributed by atoms with van der Waals surface area (Å²) in [5.74, 6) is -0.972. The van der Waals surface area contributed by atoms with E-state index in [0.29, 0.717) is 6.42 Å². The third kappa shape index (κ3) is 18.0. The minimum atomic E-state index is -1.57. The van der Waals surface area contributed by atoms with Crippen molar-refractivity contribution in [2.75, 3.05) is 6.61 Å². The third-order valence-corrected chi connectivity index (χ3v) is 11.5. The molecule has 0 bridgehead atoms. The predicted molar refractivity (Wildman–Crippen MR) is 214 cm³/mol. The number of unbranched alkanes of at least 4 members (excludes halogenated alkanes) is 6. The van der Waals surface area contributed by atoms with E-state index in [0.717, 1.165) is 64.2 Å². The van der Waals surface area contributed by atoms with Crippen LogP contribution >= 0.6 is 0 Å². The van der Waals surface area contributed by atoms with Gasteiger partial charge in [-0.3, -0.25) is 4.79 Å². The second-order valence-electron chi connectivity index (χ2n) is 16.7. The Morgan fingerprint density at radius 3 is 1.52 bits per heavy atom. The number of aliphatic hydroxyl groups excluding tert-OH is 15. The molecule has 63 heavy (non-hydrogen) atoms. The summed E-state index contributed by atoms with van der Waals surface area (Å²) in [4.78, 5) is 10.5. The molecule has 22 atom stereocenters. The van der Waals surface area contributed by atoms with Gasteiger partial charge in [-0.2, -0.15) is 0 Å². The molecule has 4 heterocycles. The Morgan fingerprint density at radius 2 is 0.984 bits per heavy atom. The normalized spacial score (nSPS) is 41.6. The third-order valence-electron chi connectivity index (χ3n) is 11.5. The van der Waals surface area contributed by atoms with Gasteiger partial charge in [0.2, 0.25) is 0 Å². The molecule has 0 amide bonds. The lowest BCUT2D eigenvalue weighted by atomic mass is 9.98. The number of ether oxygens (including phenoxy) is 6. The van der Waals surface area contributed by atoms with Gasteiger partial charge in [-0.15, -0.1) is 0 Å². The summed E-state index contributed by atoms with van der Waals surface area (Å²) in [6, 6.07) is 0. The number of hydrogen-bond acceptors (Lipinski definition) is 22. The lowest BCUT2D eigenvalue weighted by molar-refractivity contribution is -0.348. The van der Waals surface area contributed by atoms with E-state index in [1.807, 2.05) is 0 Å². The first-order chi connectivity index (χ1) is 29.6. The molecular weight excluding hydrogens is 848 g/mol. The van der Waals surface area contributed by atoms with Crippen molar-refractivity contribution in [3.63, 3.8) is 0 Å². The van der Waals surface area contributed by atoms with Crippen LogP contribution in [-0.2, 0) is 33.2 Å². The standard InChI is InChI=1S/C22H42O8.C12H22O9.C6H12O6/c1-3-4-8-12-17(30-22-21(28)20(27)19(26)15(2)29-22)13-10-7-5-6-9-11-16(23)14-18(24)25;1-3-5(13)6(14)9(17)12(20-3)21-10-4(2)19-11(18)8(16)7(10)15;7-1-2-3(8)4(9)5(10)6(11)12-2/h15-17,19-23,26-28H,3-14H2,1-2H3,(H,24,25);3-18H,1-2H3;2-11H,1H2. The van der Waals surface area contributed by atoms with Crippen LogP contribution < -0.4 is 0 Å². The Balaban J connectivity index is 0.000000356. The Bertz CT molecular complexity index is 1240. The highest BCUT2D eigenvalue weighted by molar-refractivity contribution is 5.67. The molecule has 0 aromatic heterocycles. The molecule has 4 aliphatic heterocycles. The van der Waals surface area contributed by atoms with Gasteiger partial charge in [-0.25, -0.2) is 0 Å². The fraction of sp³-hybridized carbons (Fsp3) is 0.975. The van der Waals surface area contributed by atoms with Crippen molar-refractivity contribution in [3.05, 3.63) is 0 Å². The summed E-state index contributed by atoms with van der Waals surface area (Å²) >= 11 is 0. The van der Waals surface area contributed by atoms with E-state index in [2.05, 4.69) is 11.7 Å². The van der Waals surface area contributed by atoms with Gasteiger partial charge in [0.1, 0.15) is 79.4 Å². The van der Waals surface area contributed by atoms with Crippen molar-refractivity contribution in [3.8, 4) is 0 Å². The number of aliphatic hydroxyl groups is 15. The van der Waals surface area contributed by atoms with E-state index in [1.54, 1.807) is 6.92 Å². The lowest BCUT2D eigenvalue weighted by Crippen LogP contribution is -2.62. The molecule has 374 valence electrons. The van der Waals surface area contributed by atoms with Gasteiger partial charge in [0.05, 0.1) is 43.5 Å². The number of aliphatic carboxylic acids is 1. The maximum atomic E-state index is 10.5. The predicted octanol–water partition coefficient (Wildman–Crippen LogP) is -4.22. The van der Waals surface area contributed by atoms with Crippen molar-refractivity contribution in [1.82, 2.24) is 0 Å². The SMILES string of the molecule is CC1OC(OC2C(C)OC(O)C(O)C2O)C(O)C(O)C1O.CCCCCC(CCCCCCCC(O)CC(=O)O)OC1OC(C)C(O)C(O)C1O.OCC1OC(O)C(O)C(O)C1O. The van der Waals surface area contributed by atoms with Crippen molar-refractivity contribution < 1.29 is 115 Å². The van der Waals surface area contributed by atoms with Crippen LogP contribution in [0.25, 0.3) is 0 Å². The molecule has 4 aliphatic rings. The van der Waals surface area contributed by atoms with Gasteiger partial charge < -0.3 is 110 Å². The second kappa shape index (κ2) is 28.7. The summed E-state index contributed by atoms with van der Waals surface area (Å²) in [7, 11) is 0. The average Bonchev–Trinajstić information content (AvgIpc) is 3.23. The molecule has 0 aromatic rings. The molecule has 4 fully saturated rings. The number of hydrogen-bond donors (Lipinski definition) is 16. The summed E-state index contributed by atoms with van der Waals surface area (Å²) in [5.41, 5.74) is 0. The van der Waals surface area contributed by atoms with Crippen LogP contribution in [0.4, 0.5) is 0 Å². The lowest BCUT2D eigenvalue weighted by Gasteiger charge is -2.44. The van der Waals surface area contributed by atoms with Crippen molar-refractivity contribution in [1.29, 1.82) is 0 Å². The van der Waals surface area contributed by atoms with Gasteiger partial charge in [-0.1, -0.05) is 58.3 Å². The molecule has 23 nitrogen and oxygen atoms in total. The van der Waals surface area contributed by atoms with Gasteiger partial charge in [0.15, 0.2) is 25.2 Å². The highest BCUT2D eigenvalue weighted by Gasteiger charge is 2.49. The quantitative estimate of drug-likeness (QED) is 0.0546. The minimum Gasteiger partial charge on any atom is -0.481 e. The number of carbonyl (C=O) groups is 1. The minimum absolute atomic E-state index is 0.0803. The molecule has 16 N–H and O–H groups in total. The van der Waals surface area contributed by atoms with Gasteiger partial charge >= 0.3 is 5.97 Å². The molecule has 0 spiro atoms. The van der Waals surface area contributed by atoms with Crippen LogP contribution in [0.5, 0.6) is 0 Å². The van der Waals surface area contributed by atoms with Crippen molar-refractivity contribution >= 4 is 5.97 Å². The molecule has 0 saturated carbocycles. The number of carboxylic acids is 1. The van der Waals surface area contributed by atoms with E-state index < -0.39 is 142 Å². The Morgan fingerprint density at radius 1 is 0.524 bits per heavy atom. The van der Waals surface area contributed by atoms with E-state index in [4.69, 9.17) is 54.3 Å². The van der Waals surface area contributed by atoms with Crippen LogP contribution in [-0.4, -0.2) is 229 Å². The van der Waals surface area contributed by atoms with E-state index in [-0.39, 0.29) is 12.5 Å². The first-order valence-electron chi connectivity index (χ1n) is 21.9. The van der Waals surface area contributed by atoms with Crippen molar-refractivity contribution in [2.45, 2.75) is 240 Å². The van der Waals surface area contributed by atoms with Crippen LogP contribution in [0.1, 0.15) is 105 Å². The number of rotatable bonds is 19. The summed E-state index contributed by atoms with van der Waals surface area (Å²) in [6.07, 6.45) is -16.0. The molecule has 0 aliphatic carbocycles. The summed E-state index contributed by atoms with van der Waals surface area (Å²) < 4.78 is 31.8. The fourth-order valence-corrected chi connectivity index (χ4v) is 7.38. The highest BCUT2D eigenvalue weighted by atomic mass is 16.7. The first-order valence-corrected chi connectivity index (χ1v) is 21.9. The molecule has 22 unspecified atom stereocenters. The number of carboxylic acid groups (broad SMARTS) is 1. The van der Waals surface area contributed by atoms with Crippen LogP contribution in [0.3, 0.4) is 0 Å². The zero-order valence-corrected chi connectivity index (χ0v) is 36.4. The van der Waals surface area contributed by atoms with Crippen LogP contribution in [0.15, 0.2) is 0 Å². The molecular formula is C40H76O23. The highest BCUT2D eigenvalue weighted by Crippen LogP contribution is 2.29. The maximum absolute atomic E-state index is 10.5. The maximum Gasteiger partial charge on any atom is 0.305 e. The van der Waals surface area contributed by atoms with Crippen LogP contribution in [0, 0.1) is 0 Å². The van der Waals surface area contributed by atoms with E-state index >= 15 is 0 Å². The zero-order valence-electron chi connectivity index (χ0n) is 36.4. The monoisotopic (exact) mass is 924 g/mol. The molecule has 0 radical (unpaired) electrons. The Labute approximate surface area is 367 Å². The van der Waals surface area contributed by atoms with E-state index in [9.17, 15) is 55.9 Å². The molecule has 0 aromatic carbocycles. The summed E-state index contributed by atoms with van der Waals surface area (Å²) in [6.45, 7) is 6.26. The largest absolute Gasteiger partial charge is 0.481 e. The molecule has 4 rings (SSSR count).